The van der Waals surface area contributed by atoms with Crippen LogP contribution in [0.1, 0.15) is 11.1 Å². The molecule has 2 aromatic carbocycles. The fraction of sp³-hybridized carbons (Fsp3) is 0.250. The highest BCUT2D eigenvalue weighted by Gasteiger charge is 2.13. The second kappa shape index (κ2) is 5.84. The Morgan fingerprint density at radius 1 is 1.05 bits per heavy atom. The summed E-state index contributed by atoms with van der Waals surface area (Å²) in [5, 5.41) is 3.40. The van der Waals surface area contributed by atoms with Gasteiger partial charge in [-0.05, 0) is 23.3 Å². The van der Waals surface area contributed by atoms with Crippen molar-refractivity contribution < 1.29 is 14.2 Å². The summed E-state index contributed by atoms with van der Waals surface area (Å²) in [7, 11) is 1.71. The molecule has 1 N–H and O–H groups in total. The van der Waals surface area contributed by atoms with Gasteiger partial charge in [-0.25, -0.2) is 0 Å². The largest absolute Gasteiger partial charge is 0.454 e. The van der Waals surface area contributed by atoms with E-state index < -0.39 is 0 Å². The van der Waals surface area contributed by atoms with Crippen LogP contribution >= 0.6 is 0 Å². The van der Waals surface area contributed by atoms with Crippen LogP contribution in [0.2, 0.25) is 0 Å². The average molecular weight is 271 g/mol. The molecule has 3 rings (SSSR count). The number of benzene rings is 2. The van der Waals surface area contributed by atoms with Crippen molar-refractivity contribution >= 4 is 5.69 Å². The molecular weight excluding hydrogens is 254 g/mol. The molecule has 0 atom stereocenters. The maximum absolute atomic E-state index is 5.37. The fourth-order valence-electron chi connectivity index (χ4n) is 2.23. The van der Waals surface area contributed by atoms with Crippen molar-refractivity contribution in [2.45, 2.75) is 13.2 Å². The molecule has 4 heteroatoms. The van der Waals surface area contributed by atoms with Crippen LogP contribution in [0.5, 0.6) is 11.5 Å². The summed E-state index contributed by atoms with van der Waals surface area (Å²) in [4.78, 5) is 0. The van der Waals surface area contributed by atoms with E-state index in [0.29, 0.717) is 13.4 Å². The van der Waals surface area contributed by atoms with Gasteiger partial charge in [-0.1, -0.05) is 24.3 Å². The number of hydrogen-bond acceptors (Lipinski definition) is 4. The molecular formula is C16H17NO3. The second-order valence-corrected chi connectivity index (χ2v) is 4.62. The van der Waals surface area contributed by atoms with Gasteiger partial charge in [0.1, 0.15) is 0 Å². The second-order valence-electron chi connectivity index (χ2n) is 4.62. The lowest BCUT2D eigenvalue weighted by Gasteiger charge is -2.11. The minimum absolute atomic E-state index is 0.301. The summed E-state index contributed by atoms with van der Waals surface area (Å²) >= 11 is 0. The quantitative estimate of drug-likeness (QED) is 0.906. The molecule has 0 spiro atoms. The third kappa shape index (κ3) is 2.70. The Kier molecular flexibility index (Phi) is 3.74. The molecule has 4 nitrogen and oxygen atoms in total. The summed E-state index contributed by atoms with van der Waals surface area (Å²) in [5.74, 6) is 1.59. The van der Waals surface area contributed by atoms with Crippen molar-refractivity contribution in [3.63, 3.8) is 0 Å². The highest BCUT2D eigenvalue weighted by Crippen LogP contribution is 2.34. The molecule has 104 valence electrons. The summed E-state index contributed by atoms with van der Waals surface area (Å²) in [6.07, 6.45) is 0. The summed E-state index contributed by atoms with van der Waals surface area (Å²) in [6, 6.07) is 14.1. The lowest BCUT2D eigenvalue weighted by atomic mass is 10.1. The van der Waals surface area contributed by atoms with Crippen molar-refractivity contribution in [1.29, 1.82) is 0 Å². The van der Waals surface area contributed by atoms with Gasteiger partial charge in [-0.15, -0.1) is 0 Å². The number of fused-ring (bicyclic) bond motifs is 1. The van der Waals surface area contributed by atoms with E-state index in [9.17, 15) is 0 Å². The molecule has 0 aromatic heterocycles. The van der Waals surface area contributed by atoms with Crippen LogP contribution in [-0.4, -0.2) is 13.9 Å². The van der Waals surface area contributed by atoms with Gasteiger partial charge in [0.2, 0.25) is 6.79 Å². The number of anilines is 1. The molecule has 20 heavy (non-hydrogen) atoms. The van der Waals surface area contributed by atoms with Crippen molar-refractivity contribution in [3.05, 3.63) is 53.6 Å². The smallest absolute Gasteiger partial charge is 0.231 e. The van der Waals surface area contributed by atoms with E-state index in [1.165, 1.54) is 11.1 Å². The van der Waals surface area contributed by atoms with Gasteiger partial charge in [0.15, 0.2) is 11.5 Å². The van der Waals surface area contributed by atoms with Crippen molar-refractivity contribution in [2.24, 2.45) is 0 Å². The van der Waals surface area contributed by atoms with Gasteiger partial charge < -0.3 is 19.5 Å². The first-order valence-corrected chi connectivity index (χ1v) is 6.56. The van der Waals surface area contributed by atoms with Crippen LogP contribution in [0.25, 0.3) is 0 Å². The summed E-state index contributed by atoms with van der Waals surface area (Å²) < 4.78 is 15.9. The Morgan fingerprint density at radius 3 is 2.70 bits per heavy atom. The van der Waals surface area contributed by atoms with E-state index in [1.807, 2.05) is 30.3 Å². The minimum Gasteiger partial charge on any atom is -0.454 e. The first-order chi connectivity index (χ1) is 9.86. The van der Waals surface area contributed by atoms with Crippen molar-refractivity contribution in [1.82, 2.24) is 0 Å². The fourth-order valence-corrected chi connectivity index (χ4v) is 2.23. The molecule has 1 aliphatic rings. The molecule has 0 saturated carbocycles. The zero-order valence-corrected chi connectivity index (χ0v) is 11.4. The third-order valence-corrected chi connectivity index (χ3v) is 3.27. The maximum atomic E-state index is 5.37. The van der Waals surface area contributed by atoms with Crippen molar-refractivity contribution in [3.8, 4) is 11.5 Å². The SMILES string of the molecule is COCc1ccccc1CNc1ccc2c(c1)OCO2. The molecule has 0 radical (unpaired) electrons. The van der Waals surface area contributed by atoms with E-state index >= 15 is 0 Å². The molecule has 0 saturated heterocycles. The Labute approximate surface area is 118 Å². The highest BCUT2D eigenvalue weighted by atomic mass is 16.7. The number of nitrogens with one attached hydrogen (secondary N) is 1. The summed E-state index contributed by atoms with van der Waals surface area (Å²) in [6.45, 7) is 1.67. The molecule has 0 amide bonds. The van der Waals surface area contributed by atoms with Crippen LogP contribution in [-0.2, 0) is 17.9 Å². The Morgan fingerprint density at radius 2 is 1.85 bits per heavy atom. The van der Waals surface area contributed by atoms with Gasteiger partial charge in [-0.2, -0.15) is 0 Å². The molecule has 2 aromatic rings. The van der Waals surface area contributed by atoms with Crippen LogP contribution in [0.4, 0.5) is 5.69 Å². The lowest BCUT2D eigenvalue weighted by molar-refractivity contribution is 0.174. The topological polar surface area (TPSA) is 39.7 Å². The van der Waals surface area contributed by atoms with Gasteiger partial charge in [0.25, 0.3) is 0 Å². The standard InChI is InChI=1S/C16H17NO3/c1-18-10-13-5-3-2-4-12(13)9-17-14-6-7-15-16(8-14)20-11-19-15/h2-8,17H,9-11H2,1H3. The van der Waals surface area contributed by atoms with Gasteiger partial charge in [0.05, 0.1) is 6.61 Å². The number of ether oxygens (including phenoxy) is 3. The Hall–Kier alpha value is -2.20. The molecule has 0 unspecified atom stereocenters. The molecule has 0 aliphatic carbocycles. The minimum atomic E-state index is 0.301. The summed E-state index contributed by atoms with van der Waals surface area (Å²) in [5.41, 5.74) is 3.44. The van der Waals surface area contributed by atoms with Gasteiger partial charge >= 0.3 is 0 Å². The number of rotatable bonds is 5. The third-order valence-electron chi connectivity index (χ3n) is 3.27. The average Bonchev–Trinajstić information content (AvgIpc) is 2.94. The van der Waals surface area contributed by atoms with E-state index in [-0.39, 0.29) is 0 Å². The Balaban J connectivity index is 1.70. The maximum Gasteiger partial charge on any atom is 0.231 e. The van der Waals surface area contributed by atoms with E-state index in [0.717, 1.165) is 23.7 Å². The lowest BCUT2D eigenvalue weighted by Crippen LogP contribution is -2.03. The van der Waals surface area contributed by atoms with Crippen molar-refractivity contribution in [2.75, 3.05) is 19.2 Å². The number of hydrogen-bond donors (Lipinski definition) is 1. The van der Waals surface area contributed by atoms with Gasteiger partial charge in [-0.3, -0.25) is 0 Å². The van der Waals surface area contributed by atoms with Gasteiger partial charge in [0, 0.05) is 25.4 Å². The van der Waals surface area contributed by atoms with Crippen LogP contribution in [0.3, 0.4) is 0 Å². The monoisotopic (exact) mass is 271 g/mol. The highest BCUT2D eigenvalue weighted by molar-refractivity contribution is 5.55. The normalized spacial score (nSPS) is 12.4. The van der Waals surface area contributed by atoms with Crippen LogP contribution in [0, 0.1) is 0 Å². The molecule has 1 aliphatic heterocycles. The van der Waals surface area contributed by atoms with Crippen LogP contribution in [0.15, 0.2) is 42.5 Å². The first-order valence-electron chi connectivity index (χ1n) is 6.56. The number of methoxy groups -OCH3 is 1. The van der Waals surface area contributed by atoms with E-state index in [4.69, 9.17) is 14.2 Å². The van der Waals surface area contributed by atoms with Crippen LogP contribution < -0.4 is 14.8 Å². The predicted octanol–water partition coefficient (Wildman–Crippen LogP) is 3.17. The molecule has 0 bridgehead atoms. The van der Waals surface area contributed by atoms with E-state index in [2.05, 4.69) is 17.4 Å². The molecule has 1 heterocycles. The zero-order valence-electron chi connectivity index (χ0n) is 11.4. The van der Waals surface area contributed by atoms with E-state index in [1.54, 1.807) is 7.11 Å². The Bertz CT molecular complexity index is 598. The zero-order chi connectivity index (χ0) is 13.8. The first kappa shape index (κ1) is 12.8. The predicted molar refractivity (Wildman–Crippen MR) is 77.0 cm³/mol. The molecule has 0 fully saturated rings.